The first-order chi connectivity index (χ1) is 11.4. The van der Waals surface area contributed by atoms with E-state index in [2.05, 4.69) is 15.7 Å². The summed E-state index contributed by atoms with van der Waals surface area (Å²) in [6, 6.07) is 3.50. The SMILES string of the molecule is Cc1nn(CC(=O)NCCNC(=O)c2cccs2)c(C)c1[N+](=O)[O-]. The van der Waals surface area contributed by atoms with Crippen molar-refractivity contribution in [2.45, 2.75) is 20.4 Å². The van der Waals surface area contributed by atoms with Gasteiger partial charge in [-0.1, -0.05) is 6.07 Å². The number of nitrogens with one attached hydrogen (secondary N) is 2. The molecule has 2 aromatic rings. The van der Waals surface area contributed by atoms with Crippen molar-refractivity contribution < 1.29 is 14.5 Å². The molecule has 0 bridgehead atoms. The van der Waals surface area contributed by atoms with Crippen LogP contribution in [0, 0.1) is 24.0 Å². The van der Waals surface area contributed by atoms with Gasteiger partial charge in [-0.25, -0.2) is 0 Å². The first-order valence-electron chi connectivity index (χ1n) is 7.17. The first-order valence-corrected chi connectivity index (χ1v) is 8.05. The summed E-state index contributed by atoms with van der Waals surface area (Å²) in [7, 11) is 0. The molecule has 0 spiro atoms. The molecule has 2 heterocycles. The standard InChI is InChI=1S/C14H17N5O4S/c1-9-13(19(22)23)10(2)18(17-9)8-12(20)15-5-6-16-14(21)11-4-3-7-24-11/h3-4,7H,5-6,8H2,1-2H3,(H,15,20)(H,16,21). The summed E-state index contributed by atoms with van der Waals surface area (Å²) in [5.41, 5.74) is 0.526. The molecule has 128 valence electrons. The van der Waals surface area contributed by atoms with Gasteiger partial charge in [0.05, 0.1) is 9.80 Å². The second kappa shape index (κ2) is 7.68. The lowest BCUT2D eigenvalue weighted by molar-refractivity contribution is -0.386. The quantitative estimate of drug-likeness (QED) is 0.438. The highest BCUT2D eigenvalue weighted by Crippen LogP contribution is 2.21. The van der Waals surface area contributed by atoms with Crippen LogP contribution in [0.4, 0.5) is 5.69 Å². The zero-order chi connectivity index (χ0) is 17.7. The zero-order valence-corrected chi connectivity index (χ0v) is 14.1. The van der Waals surface area contributed by atoms with Crippen LogP contribution in [0.25, 0.3) is 0 Å². The highest BCUT2D eigenvalue weighted by atomic mass is 32.1. The zero-order valence-electron chi connectivity index (χ0n) is 13.2. The molecule has 0 aromatic carbocycles. The Hall–Kier alpha value is -2.75. The first kappa shape index (κ1) is 17.6. The molecule has 0 atom stereocenters. The lowest BCUT2D eigenvalue weighted by Crippen LogP contribution is -2.36. The number of thiophene rings is 1. The molecular formula is C14H17N5O4S. The number of hydrogen-bond acceptors (Lipinski definition) is 6. The maximum Gasteiger partial charge on any atom is 0.312 e. The van der Waals surface area contributed by atoms with E-state index in [9.17, 15) is 19.7 Å². The summed E-state index contributed by atoms with van der Waals surface area (Å²) in [6.45, 7) is 3.52. The fraction of sp³-hybridized carbons (Fsp3) is 0.357. The van der Waals surface area contributed by atoms with E-state index in [1.54, 1.807) is 19.1 Å². The molecule has 9 nitrogen and oxygen atoms in total. The molecule has 10 heteroatoms. The monoisotopic (exact) mass is 351 g/mol. The second-order valence-electron chi connectivity index (χ2n) is 5.02. The Bertz CT molecular complexity index is 754. The smallest absolute Gasteiger partial charge is 0.312 e. The third-order valence-electron chi connectivity index (χ3n) is 3.30. The van der Waals surface area contributed by atoms with Gasteiger partial charge in [0, 0.05) is 13.1 Å². The second-order valence-corrected chi connectivity index (χ2v) is 5.97. The number of nitro groups is 1. The molecule has 0 aliphatic heterocycles. The number of amides is 2. The van der Waals surface area contributed by atoms with E-state index in [0.29, 0.717) is 17.1 Å². The average Bonchev–Trinajstić information content (AvgIpc) is 3.12. The van der Waals surface area contributed by atoms with Crippen LogP contribution >= 0.6 is 11.3 Å². The summed E-state index contributed by atoms with van der Waals surface area (Å²) >= 11 is 1.34. The molecule has 0 aliphatic carbocycles. The van der Waals surface area contributed by atoms with Crippen molar-refractivity contribution in [3.8, 4) is 0 Å². The third kappa shape index (κ3) is 4.16. The van der Waals surface area contributed by atoms with Crippen LogP contribution < -0.4 is 10.6 Å². The number of carbonyl (C=O) groups excluding carboxylic acids is 2. The van der Waals surface area contributed by atoms with Gasteiger partial charge in [0.15, 0.2) is 0 Å². The van der Waals surface area contributed by atoms with Gasteiger partial charge in [-0.2, -0.15) is 5.10 Å². The molecule has 0 radical (unpaired) electrons. The predicted octanol–water partition coefficient (Wildman–Crippen LogP) is 1.02. The number of rotatable bonds is 7. The number of carbonyl (C=O) groups is 2. The summed E-state index contributed by atoms with van der Waals surface area (Å²) < 4.78 is 1.30. The number of aromatic nitrogens is 2. The minimum atomic E-state index is -0.508. The average molecular weight is 351 g/mol. The molecule has 0 saturated carbocycles. The third-order valence-corrected chi connectivity index (χ3v) is 4.17. The molecular weight excluding hydrogens is 334 g/mol. The predicted molar refractivity (Wildman–Crippen MR) is 88.0 cm³/mol. The molecule has 2 amide bonds. The molecule has 2 aromatic heterocycles. The molecule has 2 N–H and O–H groups in total. The van der Waals surface area contributed by atoms with E-state index < -0.39 is 4.92 Å². The number of aryl methyl sites for hydroxylation is 1. The number of hydrogen-bond donors (Lipinski definition) is 2. The normalized spacial score (nSPS) is 10.4. The molecule has 0 saturated heterocycles. The van der Waals surface area contributed by atoms with Crippen LogP contribution in [0.3, 0.4) is 0 Å². The van der Waals surface area contributed by atoms with Crippen LogP contribution in [0.2, 0.25) is 0 Å². The van der Waals surface area contributed by atoms with Crippen molar-refractivity contribution in [2.24, 2.45) is 0 Å². The molecule has 2 rings (SSSR count). The van der Waals surface area contributed by atoms with Gasteiger partial charge in [-0.05, 0) is 25.3 Å². The van der Waals surface area contributed by atoms with Crippen LogP contribution in [-0.2, 0) is 11.3 Å². The van der Waals surface area contributed by atoms with Gasteiger partial charge in [0.2, 0.25) is 5.91 Å². The molecule has 0 fully saturated rings. The largest absolute Gasteiger partial charge is 0.353 e. The van der Waals surface area contributed by atoms with Gasteiger partial charge in [-0.15, -0.1) is 11.3 Å². The Morgan fingerprint density at radius 2 is 2.04 bits per heavy atom. The van der Waals surface area contributed by atoms with Crippen LogP contribution in [0.15, 0.2) is 17.5 Å². The fourth-order valence-corrected chi connectivity index (χ4v) is 2.81. The molecule has 0 aliphatic rings. The Morgan fingerprint density at radius 1 is 1.33 bits per heavy atom. The minimum absolute atomic E-state index is 0.0778. The molecule has 0 unspecified atom stereocenters. The van der Waals surface area contributed by atoms with Gasteiger partial charge in [0.25, 0.3) is 5.91 Å². The van der Waals surface area contributed by atoms with Crippen molar-refractivity contribution in [1.29, 1.82) is 0 Å². The van der Waals surface area contributed by atoms with Gasteiger partial charge in [0.1, 0.15) is 17.9 Å². The Labute approximate surface area is 141 Å². The minimum Gasteiger partial charge on any atom is -0.353 e. The maximum atomic E-state index is 11.9. The van der Waals surface area contributed by atoms with Crippen molar-refractivity contribution >= 4 is 28.8 Å². The van der Waals surface area contributed by atoms with Crippen molar-refractivity contribution in [3.63, 3.8) is 0 Å². The van der Waals surface area contributed by atoms with Crippen molar-refractivity contribution in [1.82, 2.24) is 20.4 Å². The van der Waals surface area contributed by atoms with E-state index >= 15 is 0 Å². The van der Waals surface area contributed by atoms with Crippen molar-refractivity contribution in [2.75, 3.05) is 13.1 Å². The molecule has 24 heavy (non-hydrogen) atoms. The Balaban J connectivity index is 1.79. The summed E-state index contributed by atoms with van der Waals surface area (Å²) in [5, 5.41) is 22.1. The highest BCUT2D eigenvalue weighted by molar-refractivity contribution is 7.12. The van der Waals surface area contributed by atoms with E-state index in [1.165, 1.54) is 22.9 Å². The summed E-state index contributed by atoms with van der Waals surface area (Å²) in [5.74, 6) is -0.519. The van der Waals surface area contributed by atoms with Gasteiger partial charge >= 0.3 is 5.69 Å². The van der Waals surface area contributed by atoms with Crippen molar-refractivity contribution in [3.05, 3.63) is 43.9 Å². The van der Waals surface area contributed by atoms with Crippen LogP contribution in [0.5, 0.6) is 0 Å². The van der Waals surface area contributed by atoms with Crippen LogP contribution in [0.1, 0.15) is 21.1 Å². The fourth-order valence-electron chi connectivity index (χ4n) is 2.17. The Kier molecular flexibility index (Phi) is 5.64. The lowest BCUT2D eigenvalue weighted by Gasteiger charge is -2.07. The number of nitrogens with zero attached hydrogens (tertiary/aromatic N) is 3. The topological polar surface area (TPSA) is 119 Å². The lowest BCUT2D eigenvalue weighted by atomic mass is 10.3. The van der Waals surface area contributed by atoms with E-state index in [-0.39, 0.29) is 36.3 Å². The van der Waals surface area contributed by atoms with Gasteiger partial charge < -0.3 is 10.6 Å². The van der Waals surface area contributed by atoms with Crippen LogP contribution in [-0.4, -0.2) is 39.6 Å². The maximum absolute atomic E-state index is 11.9. The Morgan fingerprint density at radius 3 is 2.62 bits per heavy atom. The van der Waals surface area contributed by atoms with E-state index in [1.807, 2.05) is 5.38 Å². The van der Waals surface area contributed by atoms with E-state index in [4.69, 9.17) is 0 Å². The van der Waals surface area contributed by atoms with E-state index in [0.717, 1.165) is 0 Å². The summed E-state index contributed by atoms with van der Waals surface area (Å²) in [6.07, 6.45) is 0. The van der Waals surface area contributed by atoms with Gasteiger partial charge in [-0.3, -0.25) is 24.4 Å². The highest BCUT2D eigenvalue weighted by Gasteiger charge is 2.22. The summed E-state index contributed by atoms with van der Waals surface area (Å²) in [4.78, 5) is 34.6.